The van der Waals surface area contributed by atoms with Gasteiger partial charge in [0.05, 0.1) is 12.6 Å². The highest BCUT2D eigenvalue weighted by Crippen LogP contribution is 2.09. The summed E-state index contributed by atoms with van der Waals surface area (Å²) in [4.78, 5) is 23.5. The minimum absolute atomic E-state index is 0.00741. The van der Waals surface area contributed by atoms with Crippen LogP contribution in [0, 0.1) is 0 Å². The van der Waals surface area contributed by atoms with Crippen LogP contribution in [0.15, 0.2) is 0 Å². The number of rotatable bonds is 2. The second-order valence-corrected chi connectivity index (χ2v) is 3.33. The molecule has 1 fully saturated rings. The van der Waals surface area contributed by atoms with Gasteiger partial charge in [0.15, 0.2) is 0 Å². The molecule has 5 heteroatoms. The standard InChI is InChI=1S/C8H15N3O2/c9-6-3-1-2-4-11(8(6)13)5-7(10)12/h6H,1-5,9H2,(H2,10,12)/t6-/m1/s1. The lowest BCUT2D eigenvalue weighted by molar-refractivity contribution is -0.135. The number of nitrogens with two attached hydrogens (primary N) is 2. The third kappa shape index (κ3) is 2.69. The molecular formula is C8H15N3O2. The van der Waals surface area contributed by atoms with Gasteiger partial charge in [-0.3, -0.25) is 9.59 Å². The SMILES string of the molecule is NC(=O)CN1CCCC[C@@H](N)C1=O. The molecule has 2 amide bonds. The zero-order valence-corrected chi connectivity index (χ0v) is 7.53. The fourth-order valence-corrected chi connectivity index (χ4v) is 1.48. The van der Waals surface area contributed by atoms with Gasteiger partial charge < -0.3 is 16.4 Å². The van der Waals surface area contributed by atoms with Gasteiger partial charge in [-0.05, 0) is 19.3 Å². The van der Waals surface area contributed by atoms with E-state index in [-0.39, 0.29) is 12.5 Å². The van der Waals surface area contributed by atoms with Gasteiger partial charge >= 0.3 is 0 Å². The molecule has 0 aliphatic carbocycles. The van der Waals surface area contributed by atoms with Crippen molar-refractivity contribution in [3.63, 3.8) is 0 Å². The van der Waals surface area contributed by atoms with Crippen LogP contribution in [0.25, 0.3) is 0 Å². The fourth-order valence-electron chi connectivity index (χ4n) is 1.48. The van der Waals surface area contributed by atoms with E-state index in [0.717, 1.165) is 12.8 Å². The first-order valence-corrected chi connectivity index (χ1v) is 4.44. The number of carbonyl (C=O) groups is 2. The molecule has 4 N–H and O–H groups in total. The number of hydrogen-bond acceptors (Lipinski definition) is 3. The summed E-state index contributed by atoms with van der Waals surface area (Å²) in [5.74, 6) is -0.640. The van der Waals surface area contributed by atoms with Crippen LogP contribution >= 0.6 is 0 Å². The van der Waals surface area contributed by atoms with Crippen LogP contribution in [0.1, 0.15) is 19.3 Å². The molecule has 74 valence electrons. The lowest BCUT2D eigenvalue weighted by atomic mass is 10.1. The molecule has 0 aromatic carbocycles. The van der Waals surface area contributed by atoms with Crippen molar-refractivity contribution in [2.45, 2.75) is 25.3 Å². The molecule has 13 heavy (non-hydrogen) atoms. The second kappa shape index (κ2) is 4.23. The van der Waals surface area contributed by atoms with Crippen molar-refractivity contribution in [2.24, 2.45) is 11.5 Å². The molecule has 1 rings (SSSR count). The van der Waals surface area contributed by atoms with E-state index in [1.807, 2.05) is 0 Å². The van der Waals surface area contributed by atoms with Gasteiger partial charge in [0.1, 0.15) is 0 Å². The molecule has 1 saturated heterocycles. The van der Waals surface area contributed by atoms with Gasteiger partial charge in [-0.2, -0.15) is 0 Å². The van der Waals surface area contributed by atoms with Crippen molar-refractivity contribution >= 4 is 11.8 Å². The van der Waals surface area contributed by atoms with Crippen LogP contribution in [0.3, 0.4) is 0 Å². The molecule has 0 spiro atoms. The van der Waals surface area contributed by atoms with Crippen LogP contribution in [0.4, 0.5) is 0 Å². The molecule has 1 atom stereocenters. The monoisotopic (exact) mass is 185 g/mol. The molecule has 1 aliphatic rings. The summed E-state index contributed by atoms with van der Waals surface area (Å²) in [6.45, 7) is 0.585. The minimum atomic E-state index is -0.484. The Balaban J connectivity index is 2.59. The molecule has 0 aromatic rings. The van der Waals surface area contributed by atoms with E-state index in [2.05, 4.69) is 0 Å². The van der Waals surface area contributed by atoms with Crippen LogP contribution in [-0.4, -0.2) is 35.8 Å². The molecule has 5 nitrogen and oxygen atoms in total. The highest BCUT2D eigenvalue weighted by Gasteiger charge is 2.24. The minimum Gasteiger partial charge on any atom is -0.368 e. The topological polar surface area (TPSA) is 89.4 Å². The number of primary amides is 1. The van der Waals surface area contributed by atoms with Crippen molar-refractivity contribution < 1.29 is 9.59 Å². The fraction of sp³-hybridized carbons (Fsp3) is 0.750. The molecule has 0 radical (unpaired) electrons. The third-order valence-electron chi connectivity index (χ3n) is 2.17. The van der Waals surface area contributed by atoms with Crippen LogP contribution in [0.2, 0.25) is 0 Å². The number of likely N-dealkylation sites (tertiary alicyclic amines) is 1. The molecular weight excluding hydrogens is 170 g/mol. The van der Waals surface area contributed by atoms with Gasteiger partial charge in [0.25, 0.3) is 0 Å². The Labute approximate surface area is 77.1 Å². The van der Waals surface area contributed by atoms with Crippen molar-refractivity contribution in [2.75, 3.05) is 13.1 Å². The first-order valence-electron chi connectivity index (χ1n) is 4.44. The Hall–Kier alpha value is -1.10. The average molecular weight is 185 g/mol. The van der Waals surface area contributed by atoms with Gasteiger partial charge in [-0.25, -0.2) is 0 Å². The number of carbonyl (C=O) groups excluding carboxylic acids is 2. The molecule has 1 aliphatic heterocycles. The maximum atomic E-state index is 11.5. The Bertz CT molecular complexity index is 217. The Kier molecular flexibility index (Phi) is 3.25. The summed E-state index contributed by atoms with van der Waals surface area (Å²) in [5.41, 5.74) is 10.6. The predicted molar refractivity (Wildman–Crippen MR) is 47.6 cm³/mol. The average Bonchev–Trinajstić information content (AvgIpc) is 2.19. The van der Waals surface area contributed by atoms with E-state index in [4.69, 9.17) is 11.5 Å². The van der Waals surface area contributed by atoms with Crippen molar-refractivity contribution in [1.29, 1.82) is 0 Å². The summed E-state index contributed by atoms with van der Waals surface area (Å²) in [6.07, 6.45) is 2.53. The first kappa shape index (κ1) is 9.98. The summed E-state index contributed by atoms with van der Waals surface area (Å²) in [6, 6.07) is -0.457. The van der Waals surface area contributed by atoms with Crippen LogP contribution < -0.4 is 11.5 Å². The van der Waals surface area contributed by atoms with Gasteiger partial charge in [0.2, 0.25) is 11.8 Å². The van der Waals surface area contributed by atoms with E-state index in [0.29, 0.717) is 13.0 Å². The van der Waals surface area contributed by atoms with E-state index in [1.165, 1.54) is 4.90 Å². The number of nitrogens with zero attached hydrogens (tertiary/aromatic N) is 1. The highest BCUT2D eigenvalue weighted by atomic mass is 16.2. The second-order valence-electron chi connectivity index (χ2n) is 3.33. The molecule has 0 saturated carbocycles. The van der Waals surface area contributed by atoms with Crippen LogP contribution in [0.5, 0.6) is 0 Å². The van der Waals surface area contributed by atoms with Gasteiger partial charge in [-0.1, -0.05) is 0 Å². The first-order chi connectivity index (χ1) is 6.11. The normalized spacial score (nSPS) is 24.2. The lowest BCUT2D eigenvalue weighted by Crippen LogP contribution is -2.45. The highest BCUT2D eigenvalue weighted by molar-refractivity contribution is 5.86. The Morgan fingerprint density at radius 1 is 1.54 bits per heavy atom. The van der Waals surface area contributed by atoms with E-state index < -0.39 is 11.9 Å². The number of hydrogen-bond donors (Lipinski definition) is 2. The number of amides is 2. The summed E-state index contributed by atoms with van der Waals surface area (Å²) >= 11 is 0. The quantitative estimate of drug-likeness (QED) is 0.567. The van der Waals surface area contributed by atoms with Gasteiger partial charge in [-0.15, -0.1) is 0 Å². The zero-order valence-electron chi connectivity index (χ0n) is 7.53. The maximum absolute atomic E-state index is 11.5. The summed E-state index contributed by atoms with van der Waals surface area (Å²) < 4.78 is 0. The van der Waals surface area contributed by atoms with Gasteiger partial charge in [0, 0.05) is 6.54 Å². The lowest BCUT2D eigenvalue weighted by Gasteiger charge is -2.20. The Morgan fingerprint density at radius 2 is 2.23 bits per heavy atom. The summed E-state index contributed by atoms with van der Waals surface area (Å²) in [5, 5.41) is 0. The maximum Gasteiger partial charge on any atom is 0.239 e. The van der Waals surface area contributed by atoms with E-state index >= 15 is 0 Å². The summed E-state index contributed by atoms with van der Waals surface area (Å²) in [7, 11) is 0. The molecule has 0 aromatic heterocycles. The molecule has 0 bridgehead atoms. The van der Waals surface area contributed by atoms with Crippen molar-refractivity contribution in [1.82, 2.24) is 4.90 Å². The molecule has 1 heterocycles. The zero-order chi connectivity index (χ0) is 9.84. The van der Waals surface area contributed by atoms with Crippen molar-refractivity contribution in [3.8, 4) is 0 Å². The Morgan fingerprint density at radius 3 is 2.85 bits per heavy atom. The van der Waals surface area contributed by atoms with Crippen LogP contribution in [-0.2, 0) is 9.59 Å². The van der Waals surface area contributed by atoms with E-state index in [1.54, 1.807) is 0 Å². The van der Waals surface area contributed by atoms with Crippen molar-refractivity contribution in [3.05, 3.63) is 0 Å². The predicted octanol–water partition coefficient (Wildman–Crippen LogP) is -1.19. The van der Waals surface area contributed by atoms with E-state index in [9.17, 15) is 9.59 Å². The third-order valence-corrected chi connectivity index (χ3v) is 2.17. The largest absolute Gasteiger partial charge is 0.368 e. The molecule has 0 unspecified atom stereocenters. The smallest absolute Gasteiger partial charge is 0.239 e.